The maximum atomic E-state index is 11.6. The Balaban J connectivity index is 4.01. The average Bonchev–Trinajstić information content (AvgIpc) is 2.11. The third-order valence-corrected chi connectivity index (χ3v) is 1.78. The van der Waals surface area contributed by atoms with Crippen LogP contribution in [0.15, 0.2) is 0 Å². The Morgan fingerprint density at radius 2 is 1.81 bits per heavy atom. The van der Waals surface area contributed by atoms with Crippen LogP contribution in [0.25, 0.3) is 0 Å². The summed E-state index contributed by atoms with van der Waals surface area (Å²) in [7, 11) is 1.60. The van der Waals surface area contributed by atoms with E-state index in [0.29, 0.717) is 6.54 Å². The van der Waals surface area contributed by atoms with E-state index in [1.54, 1.807) is 7.05 Å². The van der Waals surface area contributed by atoms with Crippen molar-refractivity contribution in [3.8, 4) is 0 Å². The Kier molecular flexibility index (Phi) is 5.85. The summed E-state index contributed by atoms with van der Waals surface area (Å²) in [6.07, 6.45) is 0.893. The predicted molar refractivity (Wildman–Crippen MR) is 64.2 cm³/mol. The van der Waals surface area contributed by atoms with E-state index in [4.69, 9.17) is 0 Å². The van der Waals surface area contributed by atoms with Crippen molar-refractivity contribution in [2.75, 3.05) is 20.1 Å². The van der Waals surface area contributed by atoms with E-state index in [2.05, 4.69) is 10.6 Å². The van der Waals surface area contributed by atoms with E-state index in [-0.39, 0.29) is 24.0 Å². The number of carbonyl (C=O) groups excluding carboxylic acids is 2. The number of urea groups is 1. The predicted octanol–water partition coefficient (Wildman–Crippen LogP) is 0.952. The maximum Gasteiger partial charge on any atom is 0.318 e. The Labute approximate surface area is 97.6 Å². The molecule has 0 aromatic rings. The lowest BCUT2D eigenvalue weighted by molar-refractivity contribution is -0.121. The normalized spacial score (nSPS) is 10.8. The van der Waals surface area contributed by atoms with E-state index in [1.165, 1.54) is 4.90 Å². The summed E-state index contributed by atoms with van der Waals surface area (Å²) in [6, 6.07) is -0.237. The number of likely N-dealkylation sites (N-methyl/N-ethyl adjacent to an activating group) is 1. The van der Waals surface area contributed by atoms with Crippen molar-refractivity contribution in [1.29, 1.82) is 0 Å². The highest BCUT2D eigenvalue weighted by molar-refractivity contribution is 5.84. The maximum absolute atomic E-state index is 11.6. The molecule has 0 radical (unpaired) electrons. The first-order valence-electron chi connectivity index (χ1n) is 5.56. The van der Waals surface area contributed by atoms with Gasteiger partial charge >= 0.3 is 6.03 Å². The fourth-order valence-electron chi connectivity index (χ4n) is 1.02. The van der Waals surface area contributed by atoms with Crippen LogP contribution in [0.5, 0.6) is 0 Å². The van der Waals surface area contributed by atoms with Gasteiger partial charge in [-0.25, -0.2) is 4.79 Å². The van der Waals surface area contributed by atoms with Gasteiger partial charge in [0, 0.05) is 19.1 Å². The minimum atomic E-state index is -0.286. The molecule has 0 saturated heterocycles. The molecule has 0 saturated carbocycles. The van der Waals surface area contributed by atoms with E-state index in [0.717, 1.165) is 6.42 Å². The van der Waals surface area contributed by atoms with Crippen LogP contribution in [-0.4, -0.2) is 42.5 Å². The lowest BCUT2D eigenvalue weighted by Gasteiger charge is -2.25. The molecule has 0 spiro atoms. The van der Waals surface area contributed by atoms with Crippen LogP contribution >= 0.6 is 0 Å². The molecule has 94 valence electrons. The van der Waals surface area contributed by atoms with Gasteiger partial charge in [0.2, 0.25) is 5.91 Å². The molecule has 3 amide bonds. The largest absolute Gasteiger partial charge is 0.355 e. The highest BCUT2D eigenvalue weighted by atomic mass is 16.2. The Hall–Kier alpha value is -1.26. The fourth-order valence-corrected chi connectivity index (χ4v) is 1.02. The molecule has 5 nitrogen and oxygen atoms in total. The molecule has 0 rings (SSSR count). The topological polar surface area (TPSA) is 61.4 Å². The summed E-state index contributed by atoms with van der Waals surface area (Å²) in [6.45, 7) is 8.41. The quantitative estimate of drug-likeness (QED) is 0.754. The van der Waals surface area contributed by atoms with Crippen LogP contribution in [0.3, 0.4) is 0 Å². The summed E-state index contributed by atoms with van der Waals surface area (Å²) in [5.74, 6) is -0.131. The molecule has 0 aliphatic carbocycles. The number of hydrogen-bond acceptors (Lipinski definition) is 2. The first-order valence-corrected chi connectivity index (χ1v) is 5.56. The number of carbonyl (C=O) groups is 2. The molecule has 0 fully saturated rings. The van der Waals surface area contributed by atoms with E-state index in [1.807, 2.05) is 27.7 Å². The minimum absolute atomic E-state index is 0.0852. The van der Waals surface area contributed by atoms with Gasteiger partial charge in [0.05, 0.1) is 0 Å². The highest BCUT2D eigenvalue weighted by Crippen LogP contribution is 1.99. The molecule has 0 aromatic heterocycles. The Morgan fingerprint density at radius 1 is 1.25 bits per heavy atom. The monoisotopic (exact) mass is 229 g/mol. The van der Waals surface area contributed by atoms with Gasteiger partial charge in [-0.15, -0.1) is 0 Å². The lowest BCUT2D eigenvalue weighted by atomic mass is 10.1. The molecular formula is C11H23N3O2. The summed E-state index contributed by atoms with van der Waals surface area (Å²) in [5.41, 5.74) is -0.286. The van der Waals surface area contributed by atoms with Crippen molar-refractivity contribution < 1.29 is 9.59 Å². The zero-order valence-corrected chi connectivity index (χ0v) is 10.9. The summed E-state index contributed by atoms with van der Waals surface area (Å²) in [5, 5.41) is 5.51. The van der Waals surface area contributed by atoms with E-state index < -0.39 is 0 Å². The molecule has 2 N–H and O–H groups in total. The molecule has 0 unspecified atom stereocenters. The van der Waals surface area contributed by atoms with Crippen LogP contribution in [-0.2, 0) is 4.79 Å². The smallest absolute Gasteiger partial charge is 0.318 e. The molecular weight excluding hydrogens is 206 g/mol. The van der Waals surface area contributed by atoms with Crippen molar-refractivity contribution in [2.45, 2.75) is 39.7 Å². The zero-order chi connectivity index (χ0) is 12.8. The lowest BCUT2D eigenvalue weighted by Crippen LogP contribution is -2.49. The van der Waals surface area contributed by atoms with Crippen molar-refractivity contribution in [2.24, 2.45) is 0 Å². The molecule has 0 aliphatic heterocycles. The summed E-state index contributed by atoms with van der Waals surface area (Å²) >= 11 is 0. The van der Waals surface area contributed by atoms with Crippen molar-refractivity contribution in [1.82, 2.24) is 15.5 Å². The number of hydrogen-bond donors (Lipinski definition) is 2. The van der Waals surface area contributed by atoms with Crippen molar-refractivity contribution in [3.05, 3.63) is 0 Å². The third-order valence-electron chi connectivity index (χ3n) is 1.78. The van der Waals surface area contributed by atoms with Crippen LogP contribution in [0, 0.1) is 0 Å². The minimum Gasteiger partial charge on any atom is -0.355 e. The van der Waals surface area contributed by atoms with Gasteiger partial charge in [-0.05, 0) is 27.2 Å². The molecule has 0 aliphatic rings. The van der Waals surface area contributed by atoms with Crippen molar-refractivity contribution >= 4 is 11.9 Å². The van der Waals surface area contributed by atoms with Crippen LogP contribution in [0.2, 0.25) is 0 Å². The van der Waals surface area contributed by atoms with Gasteiger partial charge in [-0.1, -0.05) is 6.92 Å². The summed E-state index contributed by atoms with van der Waals surface area (Å²) < 4.78 is 0. The molecule has 0 heterocycles. The van der Waals surface area contributed by atoms with Gasteiger partial charge in [-0.2, -0.15) is 0 Å². The number of nitrogens with one attached hydrogen (secondary N) is 2. The van der Waals surface area contributed by atoms with Crippen LogP contribution in [0.1, 0.15) is 34.1 Å². The molecule has 0 bridgehead atoms. The van der Waals surface area contributed by atoms with Crippen LogP contribution in [0.4, 0.5) is 4.79 Å². The second-order valence-electron chi connectivity index (χ2n) is 4.89. The van der Waals surface area contributed by atoms with E-state index in [9.17, 15) is 9.59 Å². The SMILES string of the molecule is CCCNC(=O)CN(C)C(=O)NC(C)(C)C. The summed E-state index contributed by atoms with van der Waals surface area (Å²) in [4.78, 5) is 24.3. The molecule has 0 aromatic carbocycles. The first-order chi connectivity index (χ1) is 7.26. The molecule has 0 atom stereocenters. The van der Waals surface area contributed by atoms with Crippen LogP contribution < -0.4 is 10.6 Å². The second kappa shape index (κ2) is 6.35. The van der Waals surface area contributed by atoms with Gasteiger partial charge in [0.25, 0.3) is 0 Å². The number of rotatable bonds is 4. The number of amides is 3. The van der Waals surface area contributed by atoms with Gasteiger partial charge in [0.1, 0.15) is 6.54 Å². The zero-order valence-electron chi connectivity index (χ0n) is 10.9. The third kappa shape index (κ3) is 7.09. The number of nitrogens with zero attached hydrogens (tertiary/aromatic N) is 1. The molecule has 5 heteroatoms. The van der Waals surface area contributed by atoms with Gasteiger partial charge < -0.3 is 15.5 Å². The Bertz CT molecular complexity index is 246. The van der Waals surface area contributed by atoms with Crippen molar-refractivity contribution in [3.63, 3.8) is 0 Å². The average molecular weight is 229 g/mol. The van der Waals surface area contributed by atoms with E-state index >= 15 is 0 Å². The first kappa shape index (κ1) is 14.7. The Morgan fingerprint density at radius 3 is 2.25 bits per heavy atom. The van der Waals surface area contributed by atoms with Gasteiger partial charge in [-0.3, -0.25) is 4.79 Å². The molecule has 16 heavy (non-hydrogen) atoms. The fraction of sp³-hybridized carbons (Fsp3) is 0.818. The second-order valence-corrected chi connectivity index (χ2v) is 4.89. The van der Waals surface area contributed by atoms with Gasteiger partial charge in [0.15, 0.2) is 0 Å². The highest BCUT2D eigenvalue weighted by Gasteiger charge is 2.18. The standard InChI is InChI=1S/C11H23N3O2/c1-6-7-12-9(15)8-14(5)10(16)13-11(2,3)4/h6-8H2,1-5H3,(H,12,15)(H,13,16).